The summed E-state index contributed by atoms with van der Waals surface area (Å²) in [6.45, 7) is 0.969. The van der Waals surface area contributed by atoms with Crippen LogP contribution in [0.15, 0.2) is 54.6 Å². The standard InChI is InChI=1S/C19H21NO3/c21-17-10-6-9-16(13-17)18-11-4-5-12-20(18)19(22)23-14-15-7-2-1-3-8-15/h1-3,6-10,13,18,21H,4-5,11-12,14H2. The van der Waals surface area contributed by atoms with Gasteiger partial charge in [-0.1, -0.05) is 42.5 Å². The number of likely N-dealkylation sites (tertiary alicyclic amines) is 1. The lowest BCUT2D eigenvalue weighted by Gasteiger charge is -2.35. The van der Waals surface area contributed by atoms with E-state index in [1.807, 2.05) is 42.5 Å². The van der Waals surface area contributed by atoms with Crippen LogP contribution in [0.3, 0.4) is 0 Å². The highest BCUT2D eigenvalue weighted by Crippen LogP contribution is 2.32. The van der Waals surface area contributed by atoms with Crippen molar-refractivity contribution in [2.75, 3.05) is 6.54 Å². The van der Waals surface area contributed by atoms with Crippen LogP contribution in [0.1, 0.15) is 36.4 Å². The fourth-order valence-corrected chi connectivity index (χ4v) is 3.03. The molecule has 0 spiro atoms. The van der Waals surface area contributed by atoms with E-state index in [1.54, 1.807) is 17.0 Å². The molecule has 4 heteroatoms. The first-order valence-corrected chi connectivity index (χ1v) is 8.00. The Bertz CT molecular complexity index is 657. The van der Waals surface area contributed by atoms with Gasteiger partial charge in [-0.05, 0) is 42.5 Å². The number of aromatic hydroxyl groups is 1. The number of amides is 1. The molecular weight excluding hydrogens is 290 g/mol. The lowest BCUT2D eigenvalue weighted by molar-refractivity contribution is 0.0678. The molecule has 1 aliphatic rings. The Morgan fingerprint density at radius 1 is 1.13 bits per heavy atom. The van der Waals surface area contributed by atoms with Gasteiger partial charge >= 0.3 is 6.09 Å². The average Bonchev–Trinajstić information content (AvgIpc) is 2.60. The number of hydrogen-bond acceptors (Lipinski definition) is 3. The van der Waals surface area contributed by atoms with Crippen molar-refractivity contribution in [1.82, 2.24) is 4.90 Å². The first kappa shape index (κ1) is 15.4. The molecule has 0 bridgehead atoms. The van der Waals surface area contributed by atoms with Crippen LogP contribution >= 0.6 is 0 Å². The van der Waals surface area contributed by atoms with E-state index in [-0.39, 0.29) is 24.5 Å². The number of piperidine rings is 1. The van der Waals surface area contributed by atoms with Crippen molar-refractivity contribution in [3.63, 3.8) is 0 Å². The second-order valence-electron chi connectivity index (χ2n) is 5.84. The second kappa shape index (κ2) is 7.18. The Kier molecular flexibility index (Phi) is 4.81. The molecule has 0 saturated carbocycles. The molecule has 1 saturated heterocycles. The van der Waals surface area contributed by atoms with Gasteiger partial charge in [-0.25, -0.2) is 4.79 Å². The summed E-state index contributed by atoms with van der Waals surface area (Å²) in [6.07, 6.45) is 2.66. The molecule has 1 N–H and O–H groups in total. The Balaban J connectivity index is 1.69. The number of carbonyl (C=O) groups is 1. The second-order valence-corrected chi connectivity index (χ2v) is 5.84. The Morgan fingerprint density at radius 2 is 1.96 bits per heavy atom. The first-order chi connectivity index (χ1) is 11.2. The molecule has 1 heterocycles. The van der Waals surface area contributed by atoms with E-state index < -0.39 is 0 Å². The molecule has 23 heavy (non-hydrogen) atoms. The van der Waals surface area contributed by atoms with E-state index in [4.69, 9.17) is 4.74 Å². The molecule has 0 aromatic heterocycles. The number of ether oxygens (including phenoxy) is 1. The monoisotopic (exact) mass is 311 g/mol. The number of benzene rings is 2. The van der Waals surface area contributed by atoms with Gasteiger partial charge in [0.1, 0.15) is 12.4 Å². The highest BCUT2D eigenvalue weighted by atomic mass is 16.6. The summed E-state index contributed by atoms with van der Waals surface area (Å²) < 4.78 is 5.47. The third-order valence-electron chi connectivity index (χ3n) is 4.20. The van der Waals surface area contributed by atoms with Gasteiger partial charge in [0, 0.05) is 6.54 Å². The van der Waals surface area contributed by atoms with Gasteiger partial charge in [-0.2, -0.15) is 0 Å². The van der Waals surface area contributed by atoms with Gasteiger partial charge in [0.2, 0.25) is 0 Å². The molecule has 120 valence electrons. The molecule has 1 fully saturated rings. The van der Waals surface area contributed by atoms with Crippen LogP contribution in [0.4, 0.5) is 4.79 Å². The predicted molar refractivity (Wildman–Crippen MR) is 88.0 cm³/mol. The maximum absolute atomic E-state index is 12.5. The maximum Gasteiger partial charge on any atom is 0.410 e. The molecule has 1 aliphatic heterocycles. The fourth-order valence-electron chi connectivity index (χ4n) is 3.03. The fraction of sp³-hybridized carbons (Fsp3) is 0.316. The van der Waals surface area contributed by atoms with E-state index in [0.717, 1.165) is 30.4 Å². The zero-order valence-electron chi connectivity index (χ0n) is 13.0. The molecule has 0 aliphatic carbocycles. The zero-order valence-corrected chi connectivity index (χ0v) is 13.0. The van der Waals surface area contributed by atoms with Gasteiger partial charge in [0.15, 0.2) is 0 Å². The van der Waals surface area contributed by atoms with Crippen molar-refractivity contribution in [1.29, 1.82) is 0 Å². The van der Waals surface area contributed by atoms with Crippen LogP contribution < -0.4 is 0 Å². The van der Waals surface area contributed by atoms with Crippen LogP contribution in [-0.4, -0.2) is 22.6 Å². The quantitative estimate of drug-likeness (QED) is 0.921. The molecular formula is C19H21NO3. The van der Waals surface area contributed by atoms with Gasteiger partial charge in [0.25, 0.3) is 0 Å². The van der Waals surface area contributed by atoms with Crippen molar-refractivity contribution in [3.8, 4) is 5.75 Å². The van der Waals surface area contributed by atoms with Crippen molar-refractivity contribution >= 4 is 6.09 Å². The summed E-state index contributed by atoms with van der Waals surface area (Å²) in [6, 6.07) is 16.8. The summed E-state index contributed by atoms with van der Waals surface area (Å²) in [5, 5.41) is 9.69. The van der Waals surface area contributed by atoms with Crippen LogP contribution in [0.5, 0.6) is 5.75 Å². The summed E-state index contributed by atoms with van der Waals surface area (Å²) >= 11 is 0. The van der Waals surface area contributed by atoms with Crippen molar-refractivity contribution in [2.45, 2.75) is 31.9 Å². The number of hydrogen-bond donors (Lipinski definition) is 1. The van der Waals surface area contributed by atoms with Gasteiger partial charge in [-0.15, -0.1) is 0 Å². The number of rotatable bonds is 3. The topological polar surface area (TPSA) is 49.8 Å². The number of phenolic OH excluding ortho intramolecular Hbond substituents is 1. The summed E-state index contributed by atoms with van der Waals surface area (Å²) in [7, 11) is 0. The number of carbonyl (C=O) groups excluding carboxylic acids is 1. The molecule has 2 aromatic carbocycles. The molecule has 3 rings (SSSR count). The van der Waals surface area contributed by atoms with Gasteiger partial charge in [0.05, 0.1) is 6.04 Å². The van der Waals surface area contributed by atoms with Crippen LogP contribution in [0.25, 0.3) is 0 Å². The first-order valence-electron chi connectivity index (χ1n) is 8.00. The minimum absolute atomic E-state index is 0.0286. The minimum Gasteiger partial charge on any atom is -0.508 e. The summed E-state index contributed by atoms with van der Waals surface area (Å²) in [4.78, 5) is 14.3. The predicted octanol–water partition coefficient (Wildman–Crippen LogP) is 4.26. The third-order valence-corrected chi connectivity index (χ3v) is 4.20. The van der Waals surface area contributed by atoms with E-state index in [0.29, 0.717) is 6.54 Å². The number of phenols is 1. The lowest BCUT2D eigenvalue weighted by atomic mass is 9.95. The highest BCUT2D eigenvalue weighted by molar-refractivity contribution is 5.68. The molecule has 1 unspecified atom stereocenters. The van der Waals surface area contributed by atoms with Crippen LogP contribution in [0, 0.1) is 0 Å². The van der Waals surface area contributed by atoms with Crippen LogP contribution in [-0.2, 0) is 11.3 Å². The summed E-state index contributed by atoms with van der Waals surface area (Å²) in [5.74, 6) is 0.227. The Hall–Kier alpha value is -2.49. The largest absolute Gasteiger partial charge is 0.508 e. The molecule has 1 amide bonds. The molecule has 4 nitrogen and oxygen atoms in total. The van der Waals surface area contributed by atoms with E-state index in [2.05, 4.69) is 0 Å². The summed E-state index contributed by atoms with van der Waals surface area (Å²) in [5.41, 5.74) is 1.94. The minimum atomic E-state index is -0.290. The van der Waals surface area contributed by atoms with Crippen LogP contribution in [0.2, 0.25) is 0 Å². The SMILES string of the molecule is O=C(OCc1ccccc1)N1CCCCC1c1cccc(O)c1. The third kappa shape index (κ3) is 3.83. The smallest absolute Gasteiger partial charge is 0.410 e. The van der Waals surface area contributed by atoms with Gasteiger partial charge in [-0.3, -0.25) is 0 Å². The maximum atomic E-state index is 12.5. The normalized spacial score (nSPS) is 17.7. The van der Waals surface area contributed by atoms with E-state index in [9.17, 15) is 9.90 Å². The lowest BCUT2D eigenvalue weighted by Crippen LogP contribution is -2.38. The molecule has 2 aromatic rings. The Morgan fingerprint density at radius 3 is 2.74 bits per heavy atom. The average molecular weight is 311 g/mol. The van der Waals surface area contributed by atoms with E-state index >= 15 is 0 Å². The van der Waals surface area contributed by atoms with Crippen molar-refractivity contribution < 1.29 is 14.6 Å². The Labute approximate surface area is 136 Å². The number of nitrogens with zero attached hydrogens (tertiary/aromatic N) is 1. The van der Waals surface area contributed by atoms with Crippen molar-refractivity contribution in [3.05, 3.63) is 65.7 Å². The van der Waals surface area contributed by atoms with Crippen molar-refractivity contribution in [2.24, 2.45) is 0 Å². The van der Waals surface area contributed by atoms with Gasteiger partial charge < -0.3 is 14.7 Å². The van der Waals surface area contributed by atoms with E-state index in [1.165, 1.54) is 0 Å². The zero-order chi connectivity index (χ0) is 16.1. The molecule has 1 atom stereocenters. The highest BCUT2D eigenvalue weighted by Gasteiger charge is 2.29. The molecule has 0 radical (unpaired) electrons.